The molecule has 0 bridgehead atoms. The second kappa shape index (κ2) is 4.97. The summed E-state index contributed by atoms with van der Waals surface area (Å²) in [6, 6.07) is 3.07. The summed E-state index contributed by atoms with van der Waals surface area (Å²) in [6.45, 7) is 3.81. The highest BCUT2D eigenvalue weighted by Gasteiger charge is 2.24. The molecule has 1 aromatic carbocycles. The third-order valence-corrected chi connectivity index (χ3v) is 2.89. The van der Waals surface area contributed by atoms with Crippen LogP contribution in [-0.2, 0) is 0 Å². The van der Waals surface area contributed by atoms with Gasteiger partial charge in [-0.15, -0.1) is 0 Å². The van der Waals surface area contributed by atoms with Crippen LogP contribution in [0.1, 0.15) is 31.7 Å². The lowest BCUT2D eigenvalue weighted by Crippen LogP contribution is -2.34. The molecule has 0 aromatic heterocycles. The second-order valence-electron chi connectivity index (χ2n) is 3.55. The maximum atomic E-state index is 13.8. The minimum atomic E-state index is -1.87. The van der Waals surface area contributed by atoms with Gasteiger partial charge in [0.05, 0.1) is 0 Å². The lowest BCUT2D eigenvalue weighted by Gasteiger charge is -2.14. The van der Waals surface area contributed by atoms with Crippen LogP contribution in [0.4, 0.5) is 4.39 Å². The van der Waals surface area contributed by atoms with Crippen molar-refractivity contribution in [3.05, 3.63) is 28.5 Å². The first-order valence-electron chi connectivity index (χ1n) is 4.83. The Hall–Kier alpha value is -0.575. The van der Waals surface area contributed by atoms with Crippen LogP contribution in [0.2, 0.25) is 5.02 Å². The Morgan fingerprint density at radius 2 is 2.07 bits per heavy atom. The molecule has 15 heavy (non-hydrogen) atoms. The molecule has 2 nitrogen and oxygen atoms in total. The van der Waals surface area contributed by atoms with Crippen LogP contribution in [0.3, 0.4) is 0 Å². The van der Waals surface area contributed by atoms with Crippen molar-refractivity contribution in [3.63, 3.8) is 0 Å². The van der Waals surface area contributed by atoms with Crippen LogP contribution < -0.4 is 5.46 Å². The molecule has 5 heteroatoms. The van der Waals surface area contributed by atoms with Crippen molar-refractivity contribution in [2.45, 2.75) is 26.2 Å². The lowest BCUT2D eigenvalue weighted by molar-refractivity contribution is 0.422. The van der Waals surface area contributed by atoms with E-state index in [0.29, 0.717) is 5.56 Å². The summed E-state index contributed by atoms with van der Waals surface area (Å²) in [5.41, 5.74) is 0.222. The van der Waals surface area contributed by atoms with Gasteiger partial charge in [0, 0.05) is 10.5 Å². The van der Waals surface area contributed by atoms with E-state index in [0.717, 1.165) is 6.42 Å². The fourth-order valence-corrected chi connectivity index (χ4v) is 1.67. The molecule has 0 heterocycles. The van der Waals surface area contributed by atoms with Gasteiger partial charge in [0.2, 0.25) is 0 Å². The van der Waals surface area contributed by atoms with Crippen LogP contribution in [0.5, 0.6) is 0 Å². The quantitative estimate of drug-likeness (QED) is 0.776. The van der Waals surface area contributed by atoms with E-state index in [-0.39, 0.29) is 16.4 Å². The molecular weight excluding hydrogens is 217 g/mol. The van der Waals surface area contributed by atoms with E-state index in [2.05, 4.69) is 0 Å². The Morgan fingerprint density at radius 1 is 1.47 bits per heavy atom. The highest BCUT2D eigenvalue weighted by atomic mass is 35.5. The minimum Gasteiger partial charge on any atom is -0.423 e. The Morgan fingerprint density at radius 3 is 2.53 bits per heavy atom. The van der Waals surface area contributed by atoms with E-state index >= 15 is 0 Å². The Bertz CT molecular complexity index is 358. The fourth-order valence-electron chi connectivity index (χ4n) is 1.42. The van der Waals surface area contributed by atoms with Gasteiger partial charge in [-0.1, -0.05) is 31.5 Å². The van der Waals surface area contributed by atoms with Crippen molar-refractivity contribution in [3.8, 4) is 0 Å². The standard InChI is InChI=1S/C10H13BClFO2/c1-3-6(2)7-4-5-8(12)9(10(7)13)11(14)15/h4-6,14-15H,3H2,1-2H3/t6-/m1/s1. The number of hydrogen-bond donors (Lipinski definition) is 2. The fraction of sp³-hybridized carbons (Fsp3) is 0.400. The number of benzene rings is 1. The van der Waals surface area contributed by atoms with Gasteiger partial charge in [0.25, 0.3) is 0 Å². The first-order valence-corrected chi connectivity index (χ1v) is 5.20. The van der Waals surface area contributed by atoms with Gasteiger partial charge < -0.3 is 10.0 Å². The molecule has 82 valence electrons. The molecule has 0 amide bonds. The van der Waals surface area contributed by atoms with E-state index < -0.39 is 12.9 Å². The molecule has 1 atom stereocenters. The van der Waals surface area contributed by atoms with Crippen molar-refractivity contribution in [1.82, 2.24) is 0 Å². The molecule has 0 saturated heterocycles. The summed E-state index contributed by atoms with van der Waals surface area (Å²) >= 11 is 5.68. The minimum absolute atomic E-state index is 0.0276. The number of rotatable bonds is 3. The molecule has 0 aliphatic heterocycles. The average molecular weight is 230 g/mol. The Balaban J connectivity index is 3.28. The molecule has 0 radical (unpaired) electrons. The second-order valence-corrected chi connectivity index (χ2v) is 3.95. The van der Waals surface area contributed by atoms with E-state index in [4.69, 9.17) is 21.6 Å². The van der Waals surface area contributed by atoms with Crippen molar-refractivity contribution in [2.24, 2.45) is 0 Å². The van der Waals surface area contributed by atoms with E-state index in [9.17, 15) is 4.39 Å². The monoisotopic (exact) mass is 230 g/mol. The third kappa shape index (κ3) is 2.51. The smallest absolute Gasteiger partial charge is 0.423 e. The van der Waals surface area contributed by atoms with Gasteiger partial charge in [-0.2, -0.15) is 0 Å². The van der Waals surface area contributed by atoms with Crippen LogP contribution in [-0.4, -0.2) is 17.2 Å². The van der Waals surface area contributed by atoms with E-state index in [1.807, 2.05) is 13.8 Å². The first kappa shape index (κ1) is 12.5. The zero-order chi connectivity index (χ0) is 11.6. The van der Waals surface area contributed by atoms with Gasteiger partial charge in [-0.05, 0) is 24.0 Å². The highest BCUT2D eigenvalue weighted by Crippen LogP contribution is 2.23. The summed E-state index contributed by atoms with van der Waals surface area (Å²) in [6.07, 6.45) is 0.777. The third-order valence-electron chi connectivity index (χ3n) is 2.56. The number of hydrogen-bond acceptors (Lipinski definition) is 2. The van der Waals surface area contributed by atoms with Crippen LogP contribution in [0, 0.1) is 5.82 Å². The van der Waals surface area contributed by atoms with Gasteiger partial charge in [0.15, 0.2) is 0 Å². The van der Waals surface area contributed by atoms with Crippen molar-refractivity contribution < 1.29 is 14.4 Å². The van der Waals surface area contributed by atoms with Gasteiger partial charge in [-0.3, -0.25) is 0 Å². The van der Waals surface area contributed by atoms with Crippen molar-refractivity contribution in [2.75, 3.05) is 0 Å². The molecule has 1 aromatic rings. The molecular formula is C10H13BClFO2. The molecule has 1 rings (SSSR count). The van der Waals surface area contributed by atoms with Crippen LogP contribution in [0.25, 0.3) is 0 Å². The van der Waals surface area contributed by atoms with Gasteiger partial charge >= 0.3 is 7.12 Å². The summed E-state index contributed by atoms with van der Waals surface area (Å²) in [7, 11) is -1.87. The molecule has 0 spiro atoms. The molecule has 0 aliphatic carbocycles. The van der Waals surface area contributed by atoms with Crippen LogP contribution in [0.15, 0.2) is 12.1 Å². The summed E-state index contributed by atoms with van der Waals surface area (Å²) in [5.74, 6) is -0.591. The molecule has 0 saturated carbocycles. The predicted molar refractivity (Wildman–Crippen MR) is 59.9 cm³/mol. The van der Waals surface area contributed by atoms with E-state index in [1.54, 1.807) is 6.07 Å². The SMILES string of the molecule is CC[C@@H](C)c1ccc(Cl)c(B(O)O)c1F. The average Bonchev–Trinajstić information content (AvgIpc) is 2.16. The summed E-state index contributed by atoms with van der Waals surface area (Å²) in [5, 5.41) is 18.0. The topological polar surface area (TPSA) is 40.5 Å². The molecule has 0 fully saturated rings. The predicted octanol–water partition coefficient (Wildman–Crippen LogP) is 1.67. The maximum Gasteiger partial charge on any atom is 0.493 e. The summed E-state index contributed by atoms with van der Waals surface area (Å²) in [4.78, 5) is 0. The van der Waals surface area contributed by atoms with Gasteiger partial charge in [0.1, 0.15) is 5.82 Å². The normalized spacial score (nSPS) is 12.7. The van der Waals surface area contributed by atoms with Crippen LogP contribution >= 0.6 is 11.6 Å². The van der Waals surface area contributed by atoms with Crippen molar-refractivity contribution >= 4 is 24.2 Å². The number of halogens is 2. The summed E-state index contributed by atoms with van der Waals surface area (Å²) < 4.78 is 13.8. The van der Waals surface area contributed by atoms with Crippen molar-refractivity contribution in [1.29, 1.82) is 0 Å². The molecule has 0 aliphatic rings. The first-order chi connectivity index (χ1) is 6.99. The zero-order valence-electron chi connectivity index (χ0n) is 8.67. The largest absolute Gasteiger partial charge is 0.493 e. The molecule has 0 unspecified atom stereocenters. The maximum absolute atomic E-state index is 13.8. The molecule has 2 N–H and O–H groups in total. The Labute approximate surface area is 93.8 Å². The lowest BCUT2D eigenvalue weighted by atomic mass is 9.77. The highest BCUT2D eigenvalue weighted by molar-refractivity contribution is 6.62. The van der Waals surface area contributed by atoms with Gasteiger partial charge in [-0.25, -0.2) is 4.39 Å². The zero-order valence-corrected chi connectivity index (χ0v) is 9.42. The Kier molecular flexibility index (Phi) is 4.14. The van der Waals surface area contributed by atoms with E-state index in [1.165, 1.54) is 6.07 Å².